The van der Waals surface area contributed by atoms with E-state index in [0.717, 1.165) is 40.8 Å². The molecule has 1 fully saturated rings. The van der Waals surface area contributed by atoms with Crippen LogP contribution in [0.3, 0.4) is 0 Å². The molecule has 0 saturated heterocycles. The topological polar surface area (TPSA) is 95.3 Å². The van der Waals surface area contributed by atoms with E-state index in [9.17, 15) is 4.79 Å². The zero-order valence-corrected chi connectivity index (χ0v) is 20.2. The van der Waals surface area contributed by atoms with Gasteiger partial charge in [0.15, 0.2) is 5.16 Å². The summed E-state index contributed by atoms with van der Waals surface area (Å²) in [7, 11) is 1.59. The number of fused-ring (bicyclic) bond motifs is 3. The number of nitrogens with one attached hydrogen (secondary N) is 1. The Morgan fingerprint density at radius 2 is 2.03 bits per heavy atom. The first-order valence-electron chi connectivity index (χ1n) is 11.5. The van der Waals surface area contributed by atoms with Crippen molar-refractivity contribution in [2.75, 3.05) is 12.4 Å². The molecule has 178 valence electrons. The molecule has 0 spiro atoms. The molecule has 0 aliphatic heterocycles. The number of methoxy groups -OCH3 is 1. The van der Waals surface area contributed by atoms with Gasteiger partial charge >= 0.3 is 0 Å². The number of aromatic nitrogens is 3. The van der Waals surface area contributed by atoms with E-state index in [1.807, 2.05) is 55.5 Å². The molecule has 5 aromatic rings. The maximum atomic E-state index is 13.2. The van der Waals surface area contributed by atoms with E-state index in [1.165, 1.54) is 11.8 Å². The normalized spacial score (nSPS) is 14.5. The highest BCUT2D eigenvalue weighted by atomic mass is 32.2. The summed E-state index contributed by atoms with van der Waals surface area (Å²) >= 11 is 1.38. The number of furan rings is 2. The van der Waals surface area contributed by atoms with Crippen LogP contribution in [0.1, 0.15) is 37.3 Å². The van der Waals surface area contributed by atoms with E-state index >= 15 is 0 Å². The van der Waals surface area contributed by atoms with Gasteiger partial charge in [0.1, 0.15) is 28.5 Å². The molecule has 35 heavy (non-hydrogen) atoms. The lowest BCUT2D eigenvalue weighted by atomic mass is 10.1. The fraction of sp³-hybridized carbons (Fsp3) is 0.269. The molecule has 0 radical (unpaired) electrons. The number of hydrogen-bond donors (Lipinski definition) is 1. The van der Waals surface area contributed by atoms with Gasteiger partial charge in [-0.2, -0.15) is 0 Å². The second kappa shape index (κ2) is 8.81. The molecule has 3 heterocycles. The summed E-state index contributed by atoms with van der Waals surface area (Å²) in [6.45, 7) is 2.40. The maximum Gasteiger partial charge on any atom is 0.237 e. The third-order valence-corrected chi connectivity index (χ3v) is 7.27. The van der Waals surface area contributed by atoms with Crippen molar-refractivity contribution in [3.63, 3.8) is 0 Å². The number of rotatable bonds is 8. The Bertz CT molecular complexity index is 1520. The van der Waals surface area contributed by atoms with Crippen molar-refractivity contribution in [2.45, 2.75) is 42.6 Å². The fourth-order valence-electron chi connectivity index (χ4n) is 4.20. The molecule has 1 saturated carbocycles. The summed E-state index contributed by atoms with van der Waals surface area (Å²) in [6, 6.07) is 15.3. The summed E-state index contributed by atoms with van der Waals surface area (Å²) in [5.74, 6) is 2.62. The van der Waals surface area contributed by atoms with Crippen molar-refractivity contribution in [1.82, 2.24) is 14.8 Å². The molecule has 0 bridgehead atoms. The van der Waals surface area contributed by atoms with Crippen LogP contribution < -0.4 is 10.1 Å². The summed E-state index contributed by atoms with van der Waals surface area (Å²) in [5.41, 5.74) is 2.04. The number of para-hydroxylation sites is 1. The third kappa shape index (κ3) is 4.16. The van der Waals surface area contributed by atoms with Gasteiger partial charge in [0.25, 0.3) is 0 Å². The summed E-state index contributed by atoms with van der Waals surface area (Å²) in [5, 5.41) is 14.1. The van der Waals surface area contributed by atoms with Gasteiger partial charge in [0.05, 0.1) is 30.9 Å². The van der Waals surface area contributed by atoms with Crippen molar-refractivity contribution in [1.29, 1.82) is 0 Å². The van der Waals surface area contributed by atoms with Crippen molar-refractivity contribution < 1.29 is 18.4 Å². The molecule has 1 amide bonds. The van der Waals surface area contributed by atoms with Crippen molar-refractivity contribution in [3.05, 3.63) is 66.4 Å². The highest BCUT2D eigenvalue weighted by Gasteiger charge is 2.31. The molecule has 6 rings (SSSR count). The third-order valence-electron chi connectivity index (χ3n) is 6.19. The number of anilines is 1. The van der Waals surface area contributed by atoms with Crippen molar-refractivity contribution in [3.8, 4) is 5.75 Å². The van der Waals surface area contributed by atoms with E-state index in [-0.39, 0.29) is 5.91 Å². The molecular weight excluding hydrogens is 464 g/mol. The van der Waals surface area contributed by atoms with E-state index in [4.69, 9.17) is 13.6 Å². The van der Waals surface area contributed by atoms with Crippen molar-refractivity contribution >= 4 is 45.3 Å². The number of carbonyl (C=O) groups excluding carboxylic acids is 1. The Hall–Kier alpha value is -3.72. The second-order valence-electron chi connectivity index (χ2n) is 8.68. The van der Waals surface area contributed by atoms with Crippen LogP contribution in [0.25, 0.3) is 21.9 Å². The Morgan fingerprint density at radius 1 is 1.17 bits per heavy atom. The standard InChI is InChI=1S/C26H24N4O4S/c1-15(35-26-29-28-24(16-9-10-16)30(26)14-17-6-5-11-33-17)25(31)27-20-13-22-19(12-23(20)32-2)18-7-3-4-8-21(18)34-22/h3-8,11-13,15-16H,9-10,14H2,1-2H3,(H,27,31). The van der Waals surface area contributed by atoms with Gasteiger partial charge in [0, 0.05) is 22.8 Å². The lowest BCUT2D eigenvalue weighted by Gasteiger charge is -2.15. The SMILES string of the molecule is COc1cc2c(cc1NC(=O)C(C)Sc1nnc(C3CC3)n1Cc1ccco1)oc1ccccc12. The van der Waals surface area contributed by atoms with E-state index in [1.54, 1.807) is 13.4 Å². The Kier molecular flexibility index (Phi) is 5.49. The largest absolute Gasteiger partial charge is 0.495 e. The van der Waals surface area contributed by atoms with Crippen LogP contribution >= 0.6 is 11.8 Å². The lowest BCUT2D eigenvalue weighted by molar-refractivity contribution is -0.115. The van der Waals surface area contributed by atoms with Crippen LogP contribution in [0.5, 0.6) is 5.75 Å². The average Bonchev–Trinajstić information content (AvgIpc) is 3.26. The van der Waals surface area contributed by atoms with Crippen LogP contribution in [0.2, 0.25) is 0 Å². The molecule has 1 unspecified atom stereocenters. The molecule has 1 N–H and O–H groups in total. The van der Waals surface area contributed by atoms with Crippen LogP contribution in [-0.4, -0.2) is 33.0 Å². The molecule has 2 aromatic carbocycles. The second-order valence-corrected chi connectivity index (χ2v) is 9.98. The predicted molar refractivity (Wildman–Crippen MR) is 134 cm³/mol. The van der Waals surface area contributed by atoms with E-state index in [0.29, 0.717) is 34.6 Å². The lowest BCUT2D eigenvalue weighted by Crippen LogP contribution is -2.23. The molecule has 8 nitrogen and oxygen atoms in total. The fourth-order valence-corrected chi connectivity index (χ4v) is 5.06. The van der Waals surface area contributed by atoms with Gasteiger partial charge in [0.2, 0.25) is 5.91 Å². The summed E-state index contributed by atoms with van der Waals surface area (Å²) in [6.07, 6.45) is 3.88. The maximum absolute atomic E-state index is 13.2. The van der Waals surface area contributed by atoms with Crippen molar-refractivity contribution in [2.24, 2.45) is 0 Å². The van der Waals surface area contributed by atoms with E-state index < -0.39 is 5.25 Å². The molecule has 3 aromatic heterocycles. The van der Waals surface area contributed by atoms with Gasteiger partial charge in [-0.25, -0.2) is 0 Å². The van der Waals surface area contributed by atoms with Crippen LogP contribution in [0.15, 0.2) is 68.8 Å². The smallest absolute Gasteiger partial charge is 0.237 e. The van der Waals surface area contributed by atoms with Gasteiger partial charge in [-0.3, -0.25) is 9.36 Å². The summed E-state index contributed by atoms with van der Waals surface area (Å²) in [4.78, 5) is 13.2. The number of ether oxygens (including phenoxy) is 1. The van der Waals surface area contributed by atoms with E-state index in [2.05, 4.69) is 20.1 Å². The van der Waals surface area contributed by atoms with Crippen LogP contribution in [0, 0.1) is 0 Å². The number of carbonyl (C=O) groups is 1. The number of benzene rings is 2. The van der Waals surface area contributed by atoms with Gasteiger partial charge in [-0.05, 0) is 44.0 Å². The van der Waals surface area contributed by atoms with Crippen LogP contribution in [-0.2, 0) is 11.3 Å². The van der Waals surface area contributed by atoms with Gasteiger partial charge < -0.3 is 18.9 Å². The number of amides is 1. The first-order chi connectivity index (χ1) is 17.1. The molecule has 1 aliphatic rings. The Labute approximate surface area is 205 Å². The number of nitrogens with zero attached hydrogens (tertiary/aromatic N) is 3. The minimum atomic E-state index is -0.419. The van der Waals surface area contributed by atoms with Gasteiger partial charge in [-0.15, -0.1) is 10.2 Å². The van der Waals surface area contributed by atoms with Gasteiger partial charge in [-0.1, -0.05) is 30.0 Å². The highest BCUT2D eigenvalue weighted by molar-refractivity contribution is 8.00. The molecule has 9 heteroatoms. The number of hydrogen-bond acceptors (Lipinski definition) is 7. The first kappa shape index (κ1) is 21.8. The summed E-state index contributed by atoms with van der Waals surface area (Å²) < 4.78 is 19.2. The molecule has 1 aliphatic carbocycles. The minimum absolute atomic E-state index is 0.163. The molecular formula is C26H24N4O4S. The zero-order valence-electron chi connectivity index (χ0n) is 19.4. The monoisotopic (exact) mass is 488 g/mol. The Balaban J connectivity index is 1.24. The first-order valence-corrected chi connectivity index (χ1v) is 12.4. The zero-order chi connectivity index (χ0) is 23.9. The Morgan fingerprint density at radius 3 is 2.80 bits per heavy atom. The minimum Gasteiger partial charge on any atom is -0.495 e. The average molecular weight is 489 g/mol. The number of thioether (sulfide) groups is 1. The predicted octanol–water partition coefficient (Wildman–Crippen LogP) is 5.82. The van der Waals surface area contributed by atoms with Crippen LogP contribution in [0.4, 0.5) is 5.69 Å². The molecule has 1 atom stereocenters. The quantitative estimate of drug-likeness (QED) is 0.275. The highest BCUT2D eigenvalue weighted by Crippen LogP contribution is 2.41.